The van der Waals surface area contributed by atoms with Crippen LogP contribution in [0.25, 0.3) is 11.4 Å². The van der Waals surface area contributed by atoms with Crippen LogP contribution in [0.4, 0.5) is 0 Å². The molecular formula is C11H13N5O2S. The fourth-order valence-corrected chi connectivity index (χ4v) is 2.26. The van der Waals surface area contributed by atoms with Gasteiger partial charge in [-0.05, 0) is 6.42 Å². The van der Waals surface area contributed by atoms with E-state index in [0.29, 0.717) is 11.0 Å². The van der Waals surface area contributed by atoms with Crippen LogP contribution >= 0.6 is 11.8 Å². The summed E-state index contributed by atoms with van der Waals surface area (Å²) in [5, 5.41) is 17.5. The van der Waals surface area contributed by atoms with Gasteiger partial charge in [-0.3, -0.25) is 4.79 Å². The van der Waals surface area contributed by atoms with E-state index in [1.807, 2.05) is 11.5 Å². The summed E-state index contributed by atoms with van der Waals surface area (Å²) in [5.41, 5.74) is 0.769. The maximum atomic E-state index is 10.6. The van der Waals surface area contributed by atoms with Crippen LogP contribution in [0.2, 0.25) is 0 Å². The van der Waals surface area contributed by atoms with Gasteiger partial charge in [0.2, 0.25) is 0 Å². The summed E-state index contributed by atoms with van der Waals surface area (Å²) in [5.74, 6) is -0.247. The summed E-state index contributed by atoms with van der Waals surface area (Å²) in [6, 6.07) is 0. The van der Waals surface area contributed by atoms with Gasteiger partial charge in [0, 0.05) is 18.9 Å². The molecule has 0 saturated carbocycles. The second-order valence-electron chi connectivity index (χ2n) is 3.77. The molecule has 0 bridgehead atoms. The SMILES string of the molecule is CCCn1c(SCC(=O)O)nnc1-c1cncnc1. The van der Waals surface area contributed by atoms with Gasteiger partial charge >= 0.3 is 5.97 Å². The highest BCUT2D eigenvalue weighted by molar-refractivity contribution is 7.99. The molecule has 0 spiro atoms. The Kier molecular flexibility index (Phi) is 4.45. The minimum atomic E-state index is -0.874. The zero-order chi connectivity index (χ0) is 13.7. The van der Waals surface area contributed by atoms with Crippen molar-refractivity contribution in [2.45, 2.75) is 25.0 Å². The molecule has 100 valence electrons. The standard InChI is InChI=1S/C11H13N5O2S/c1-2-3-16-10(8-4-12-7-13-5-8)14-15-11(16)19-6-9(17)18/h4-5,7H,2-3,6H2,1H3,(H,17,18). The van der Waals surface area contributed by atoms with Crippen molar-refractivity contribution in [3.63, 3.8) is 0 Å². The van der Waals surface area contributed by atoms with Gasteiger partial charge in [-0.2, -0.15) is 0 Å². The third kappa shape index (κ3) is 3.28. The molecule has 2 heterocycles. The molecule has 0 aliphatic carbocycles. The Morgan fingerprint density at radius 1 is 1.37 bits per heavy atom. The lowest BCUT2D eigenvalue weighted by atomic mass is 10.3. The van der Waals surface area contributed by atoms with Gasteiger partial charge in [-0.15, -0.1) is 10.2 Å². The van der Waals surface area contributed by atoms with Gasteiger partial charge < -0.3 is 9.67 Å². The van der Waals surface area contributed by atoms with Crippen molar-refractivity contribution in [3.8, 4) is 11.4 Å². The molecule has 19 heavy (non-hydrogen) atoms. The summed E-state index contributed by atoms with van der Waals surface area (Å²) in [7, 11) is 0. The van der Waals surface area contributed by atoms with Gasteiger partial charge in [0.15, 0.2) is 11.0 Å². The smallest absolute Gasteiger partial charge is 0.313 e. The number of thioether (sulfide) groups is 1. The van der Waals surface area contributed by atoms with Crippen molar-refractivity contribution in [1.29, 1.82) is 0 Å². The highest BCUT2D eigenvalue weighted by Crippen LogP contribution is 2.23. The first-order chi connectivity index (χ1) is 9.22. The molecule has 0 aliphatic rings. The van der Waals surface area contributed by atoms with Crippen molar-refractivity contribution >= 4 is 17.7 Å². The van der Waals surface area contributed by atoms with E-state index in [9.17, 15) is 4.79 Å². The lowest BCUT2D eigenvalue weighted by Gasteiger charge is -2.07. The highest BCUT2D eigenvalue weighted by Gasteiger charge is 2.15. The monoisotopic (exact) mass is 279 g/mol. The topological polar surface area (TPSA) is 93.8 Å². The van der Waals surface area contributed by atoms with Crippen LogP contribution in [-0.4, -0.2) is 41.6 Å². The van der Waals surface area contributed by atoms with E-state index < -0.39 is 5.97 Å². The zero-order valence-electron chi connectivity index (χ0n) is 10.4. The Morgan fingerprint density at radius 2 is 2.11 bits per heavy atom. The van der Waals surface area contributed by atoms with Crippen LogP contribution in [0, 0.1) is 0 Å². The number of nitrogens with zero attached hydrogens (tertiary/aromatic N) is 5. The third-order valence-electron chi connectivity index (χ3n) is 2.31. The Labute approximate surface area is 114 Å². The lowest BCUT2D eigenvalue weighted by molar-refractivity contribution is -0.133. The number of rotatable bonds is 6. The van der Waals surface area contributed by atoms with Crippen molar-refractivity contribution < 1.29 is 9.90 Å². The minimum Gasteiger partial charge on any atom is -0.481 e. The number of carbonyl (C=O) groups is 1. The maximum Gasteiger partial charge on any atom is 0.313 e. The molecule has 0 radical (unpaired) electrons. The van der Waals surface area contributed by atoms with Gasteiger partial charge in [0.25, 0.3) is 0 Å². The van der Waals surface area contributed by atoms with Gasteiger partial charge in [-0.25, -0.2) is 9.97 Å². The molecule has 0 amide bonds. The average Bonchev–Trinajstić information content (AvgIpc) is 2.81. The first-order valence-electron chi connectivity index (χ1n) is 5.75. The van der Waals surface area contributed by atoms with E-state index in [2.05, 4.69) is 20.2 Å². The zero-order valence-corrected chi connectivity index (χ0v) is 11.2. The number of aromatic nitrogens is 5. The van der Waals surface area contributed by atoms with Crippen molar-refractivity contribution in [2.75, 3.05) is 5.75 Å². The first-order valence-corrected chi connectivity index (χ1v) is 6.74. The molecule has 2 aromatic heterocycles. The highest BCUT2D eigenvalue weighted by atomic mass is 32.2. The molecular weight excluding hydrogens is 266 g/mol. The number of hydrogen-bond donors (Lipinski definition) is 1. The van der Waals surface area contributed by atoms with E-state index in [-0.39, 0.29) is 5.75 Å². The second-order valence-corrected chi connectivity index (χ2v) is 4.71. The first kappa shape index (κ1) is 13.5. The van der Waals surface area contributed by atoms with E-state index >= 15 is 0 Å². The largest absolute Gasteiger partial charge is 0.481 e. The van der Waals surface area contributed by atoms with E-state index in [0.717, 1.165) is 30.3 Å². The summed E-state index contributed by atoms with van der Waals surface area (Å²) >= 11 is 1.16. The van der Waals surface area contributed by atoms with Crippen LogP contribution in [0.15, 0.2) is 23.9 Å². The number of carboxylic acid groups (broad SMARTS) is 1. The van der Waals surface area contributed by atoms with Crippen LogP contribution in [-0.2, 0) is 11.3 Å². The molecule has 7 nitrogen and oxygen atoms in total. The fraction of sp³-hybridized carbons (Fsp3) is 0.364. The Balaban J connectivity index is 2.31. The lowest BCUT2D eigenvalue weighted by Crippen LogP contribution is -2.04. The minimum absolute atomic E-state index is 0.0346. The van der Waals surface area contributed by atoms with E-state index in [1.54, 1.807) is 12.4 Å². The second kappa shape index (κ2) is 6.28. The van der Waals surface area contributed by atoms with Crippen LogP contribution in [0.5, 0.6) is 0 Å². The van der Waals surface area contributed by atoms with Crippen molar-refractivity contribution in [2.24, 2.45) is 0 Å². The molecule has 0 atom stereocenters. The molecule has 0 saturated heterocycles. The Hall–Kier alpha value is -1.96. The Bertz CT molecular complexity index is 557. The summed E-state index contributed by atoms with van der Waals surface area (Å²) in [4.78, 5) is 18.5. The molecule has 2 aromatic rings. The average molecular weight is 279 g/mol. The van der Waals surface area contributed by atoms with E-state index in [1.165, 1.54) is 6.33 Å². The molecule has 2 rings (SSSR count). The van der Waals surface area contributed by atoms with Crippen molar-refractivity contribution in [1.82, 2.24) is 24.7 Å². The number of aliphatic carboxylic acids is 1. The predicted molar refractivity (Wildman–Crippen MR) is 69.7 cm³/mol. The molecule has 0 unspecified atom stereocenters. The molecule has 0 aliphatic heterocycles. The normalized spacial score (nSPS) is 10.6. The predicted octanol–water partition coefficient (Wildman–Crippen LogP) is 1.32. The summed E-state index contributed by atoms with van der Waals surface area (Å²) < 4.78 is 1.90. The van der Waals surface area contributed by atoms with Gasteiger partial charge in [-0.1, -0.05) is 18.7 Å². The summed E-state index contributed by atoms with van der Waals surface area (Å²) in [6.45, 7) is 2.76. The third-order valence-corrected chi connectivity index (χ3v) is 3.26. The summed E-state index contributed by atoms with van der Waals surface area (Å²) in [6.07, 6.45) is 5.67. The molecule has 0 fully saturated rings. The molecule has 8 heteroatoms. The van der Waals surface area contributed by atoms with Crippen LogP contribution in [0.1, 0.15) is 13.3 Å². The number of hydrogen-bond acceptors (Lipinski definition) is 6. The number of carboxylic acids is 1. The van der Waals surface area contributed by atoms with Crippen LogP contribution in [0.3, 0.4) is 0 Å². The van der Waals surface area contributed by atoms with Crippen LogP contribution < -0.4 is 0 Å². The molecule has 1 N–H and O–H groups in total. The van der Waals surface area contributed by atoms with Gasteiger partial charge in [0.05, 0.1) is 11.3 Å². The van der Waals surface area contributed by atoms with Gasteiger partial charge in [0.1, 0.15) is 6.33 Å². The fourth-order valence-electron chi connectivity index (χ4n) is 1.58. The van der Waals surface area contributed by atoms with Crippen molar-refractivity contribution in [3.05, 3.63) is 18.7 Å². The maximum absolute atomic E-state index is 10.6. The molecule has 0 aromatic carbocycles. The Morgan fingerprint density at radius 3 is 2.74 bits per heavy atom. The quantitative estimate of drug-likeness (QED) is 0.797. The van der Waals surface area contributed by atoms with E-state index in [4.69, 9.17) is 5.11 Å².